The van der Waals surface area contributed by atoms with Gasteiger partial charge in [0.2, 0.25) is 0 Å². The van der Waals surface area contributed by atoms with E-state index >= 15 is 0 Å². The number of aryl methyl sites for hydroxylation is 1. The number of sulfonamides is 1. The number of carbonyl (C=O) groups is 2. The zero-order valence-electron chi connectivity index (χ0n) is 20.4. The first-order chi connectivity index (χ1) is 17.4. The van der Waals surface area contributed by atoms with E-state index in [0.29, 0.717) is 5.56 Å². The summed E-state index contributed by atoms with van der Waals surface area (Å²) >= 11 is 4.90. The van der Waals surface area contributed by atoms with Crippen molar-refractivity contribution >= 4 is 33.9 Å². The van der Waals surface area contributed by atoms with Gasteiger partial charge in [-0.3, -0.25) is 11.8 Å². The van der Waals surface area contributed by atoms with Gasteiger partial charge < -0.3 is 34.7 Å². The molecular formula is C24H24ClN2NaO9S. The van der Waals surface area contributed by atoms with Gasteiger partial charge in [-0.05, 0) is 42.3 Å². The summed E-state index contributed by atoms with van der Waals surface area (Å²) in [4.78, 5) is 23.2. The number of phenolic OH excluding ortho intramolecular Hbond substituents is 2. The second-order valence-corrected chi connectivity index (χ2v) is 9.55. The van der Waals surface area contributed by atoms with Crippen molar-refractivity contribution in [3.8, 4) is 11.5 Å². The van der Waals surface area contributed by atoms with Gasteiger partial charge in [0.05, 0.1) is 0 Å². The molecule has 0 aromatic heterocycles. The number of rotatable bonds is 8. The second-order valence-electron chi connectivity index (χ2n) is 7.57. The van der Waals surface area contributed by atoms with Gasteiger partial charge in [0.1, 0.15) is 22.7 Å². The number of amides is 1. The Morgan fingerprint density at radius 2 is 1.61 bits per heavy atom. The van der Waals surface area contributed by atoms with Crippen LogP contribution in [0, 0.1) is 6.92 Å². The maximum atomic E-state index is 11.8. The number of phenols is 2. The van der Waals surface area contributed by atoms with Gasteiger partial charge in [-0.25, -0.2) is 18.0 Å². The Labute approximate surface area is 246 Å². The SMILES string of the molecule is Cc1ccc(S(=O)(=O)[N-]Cl)cc1.O=C(NC(C(=O)O)C(O)c1ccc(O)c(O)c1)OCc1ccccc1.[Na+]. The Morgan fingerprint density at radius 1 is 1.00 bits per heavy atom. The number of alkyl carbamates (subject to hydrolysis) is 1. The van der Waals surface area contributed by atoms with E-state index in [9.17, 15) is 38.4 Å². The molecule has 5 N–H and O–H groups in total. The fourth-order valence-electron chi connectivity index (χ4n) is 2.83. The largest absolute Gasteiger partial charge is 1.00 e. The zero-order valence-corrected chi connectivity index (χ0v) is 23.9. The summed E-state index contributed by atoms with van der Waals surface area (Å²) < 4.78 is 29.7. The fourth-order valence-corrected chi connectivity index (χ4v) is 3.63. The number of carboxylic acids is 1. The summed E-state index contributed by atoms with van der Waals surface area (Å²) in [6.07, 6.45) is -2.67. The quantitative estimate of drug-likeness (QED) is 0.191. The van der Waals surface area contributed by atoms with Crippen molar-refractivity contribution < 1.29 is 72.7 Å². The van der Waals surface area contributed by atoms with Crippen molar-refractivity contribution in [2.45, 2.75) is 30.6 Å². The molecule has 0 fully saturated rings. The molecule has 2 atom stereocenters. The first-order valence-corrected chi connectivity index (χ1v) is 12.3. The predicted molar refractivity (Wildman–Crippen MR) is 133 cm³/mol. The molecule has 0 saturated heterocycles. The van der Waals surface area contributed by atoms with Crippen LogP contribution in [-0.2, 0) is 26.2 Å². The van der Waals surface area contributed by atoms with E-state index < -0.39 is 45.7 Å². The number of carboxylic acid groups (broad SMARTS) is 1. The average molecular weight is 575 g/mol. The molecule has 3 aromatic carbocycles. The van der Waals surface area contributed by atoms with Gasteiger partial charge in [-0.2, -0.15) is 0 Å². The molecule has 0 spiro atoms. The predicted octanol–water partition coefficient (Wildman–Crippen LogP) is 0.726. The van der Waals surface area contributed by atoms with E-state index in [2.05, 4.69) is 9.56 Å². The van der Waals surface area contributed by atoms with Crippen LogP contribution in [0.25, 0.3) is 4.24 Å². The van der Waals surface area contributed by atoms with E-state index in [1.54, 1.807) is 42.5 Å². The Kier molecular flexibility index (Phi) is 13.6. The van der Waals surface area contributed by atoms with E-state index in [-0.39, 0.29) is 46.6 Å². The molecule has 38 heavy (non-hydrogen) atoms. The van der Waals surface area contributed by atoms with Crippen LogP contribution < -0.4 is 34.9 Å². The van der Waals surface area contributed by atoms with Crippen LogP contribution in [0.15, 0.2) is 77.7 Å². The van der Waals surface area contributed by atoms with Crippen LogP contribution in [0.2, 0.25) is 0 Å². The van der Waals surface area contributed by atoms with Crippen molar-refractivity contribution in [3.05, 3.63) is 93.7 Å². The van der Waals surface area contributed by atoms with E-state index in [1.807, 2.05) is 6.92 Å². The summed E-state index contributed by atoms with van der Waals surface area (Å²) in [5.41, 5.74) is 1.71. The molecule has 0 radical (unpaired) electrons. The number of halogens is 1. The summed E-state index contributed by atoms with van der Waals surface area (Å²) in [6.45, 7) is 1.81. The topological polar surface area (TPSA) is 185 Å². The summed E-state index contributed by atoms with van der Waals surface area (Å²) in [5.74, 6) is -2.43. The molecule has 3 rings (SSSR count). The number of ether oxygens (including phenoxy) is 1. The number of hydrogen-bond donors (Lipinski definition) is 5. The first kappa shape index (κ1) is 33.2. The molecule has 198 valence electrons. The number of aliphatic hydroxyl groups excluding tert-OH is 1. The smallest absolute Gasteiger partial charge is 0.504 e. The van der Waals surface area contributed by atoms with Crippen LogP contribution in [0.3, 0.4) is 0 Å². The van der Waals surface area contributed by atoms with Crippen molar-refractivity contribution in [1.82, 2.24) is 5.32 Å². The first-order valence-electron chi connectivity index (χ1n) is 10.5. The third-order valence-electron chi connectivity index (χ3n) is 4.82. The molecule has 1 amide bonds. The van der Waals surface area contributed by atoms with Crippen LogP contribution in [-0.4, -0.2) is 46.9 Å². The molecule has 14 heteroatoms. The van der Waals surface area contributed by atoms with Crippen molar-refractivity contribution in [2.24, 2.45) is 0 Å². The Balaban J connectivity index is 0.000000468. The van der Waals surface area contributed by atoms with Gasteiger partial charge in [0.15, 0.2) is 17.5 Å². The summed E-state index contributed by atoms with van der Waals surface area (Å²) in [6, 6.07) is 16.7. The van der Waals surface area contributed by atoms with Gasteiger partial charge in [-0.1, -0.05) is 54.1 Å². The average Bonchev–Trinajstić information content (AvgIpc) is 2.88. The molecule has 0 aliphatic carbocycles. The molecule has 0 aliphatic rings. The van der Waals surface area contributed by atoms with Gasteiger partial charge in [0.25, 0.3) is 0 Å². The normalized spacial score (nSPS) is 12.1. The monoisotopic (exact) mass is 574 g/mol. The standard InChI is InChI=1S/C17H17NO7.C7H7ClNO2S.Na/c19-12-7-6-11(8-13(12)20)15(21)14(16(22)23)18-17(24)25-9-10-4-2-1-3-5-10;1-6-2-4-7(5-3-6)12(10,11)9-8;/h1-8,14-15,19-21H,9H2,(H,18,24)(H,22,23);2-5H,1H3;/q;-1;+1. The number of carbonyl (C=O) groups excluding carboxylic acids is 1. The van der Waals surface area contributed by atoms with Crippen molar-refractivity contribution in [3.63, 3.8) is 0 Å². The molecule has 0 aliphatic heterocycles. The number of aliphatic carboxylic acids is 1. The van der Waals surface area contributed by atoms with Gasteiger partial charge in [0, 0.05) is 4.90 Å². The summed E-state index contributed by atoms with van der Waals surface area (Å²) in [7, 11) is -3.62. The summed E-state index contributed by atoms with van der Waals surface area (Å²) in [5, 5.41) is 40.1. The Hall–Kier alpha value is -2.84. The number of hydrogen-bond acceptors (Lipinski definition) is 8. The molecule has 2 unspecified atom stereocenters. The molecule has 0 saturated carbocycles. The third kappa shape index (κ3) is 10.1. The molecule has 11 nitrogen and oxygen atoms in total. The molecule has 3 aromatic rings. The number of benzene rings is 3. The zero-order chi connectivity index (χ0) is 27.6. The molecule has 0 heterocycles. The second kappa shape index (κ2) is 15.5. The fraction of sp³-hybridized carbons (Fsp3) is 0.167. The number of aromatic hydroxyl groups is 2. The van der Waals surface area contributed by atoms with E-state index in [4.69, 9.17) is 16.5 Å². The minimum atomic E-state index is -3.62. The Bertz CT molecular complexity index is 1310. The van der Waals surface area contributed by atoms with Crippen molar-refractivity contribution in [2.75, 3.05) is 0 Å². The van der Waals surface area contributed by atoms with Gasteiger partial charge in [-0.15, -0.1) is 0 Å². The minimum absolute atomic E-state index is 0. The number of aliphatic hydroxyl groups is 1. The van der Waals surface area contributed by atoms with Crippen LogP contribution in [0.1, 0.15) is 22.8 Å². The maximum absolute atomic E-state index is 11.8. The van der Waals surface area contributed by atoms with E-state index in [0.717, 1.165) is 17.7 Å². The van der Waals surface area contributed by atoms with Crippen LogP contribution >= 0.6 is 11.8 Å². The van der Waals surface area contributed by atoms with Crippen molar-refractivity contribution in [1.29, 1.82) is 0 Å². The minimum Gasteiger partial charge on any atom is -0.504 e. The molecule has 0 bridgehead atoms. The third-order valence-corrected chi connectivity index (χ3v) is 6.41. The van der Waals surface area contributed by atoms with Crippen LogP contribution in [0.5, 0.6) is 11.5 Å². The number of nitrogens with zero attached hydrogens (tertiary/aromatic N) is 1. The van der Waals surface area contributed by atoms with Crippen LogP contribution in [0.4, 0.5) is 4.79 Å². The number of nitrogens with one attached hydrogen (secondary N) is 1. The van der Waals surface area contributed by atoms with E-state index in [1.165, 1.54) is 18.2 Å². The molecular weight excluding hydrogens is 551 g/mol. The Morgan fingerprint density at radius 3 is 2.13 bits per heavy atom. The maximum Gasteiger partial charge on any atom is 1.00 e. The van der Waals surface area contributed by atoms with Gasteiger partial charge >= 0.3 is 41.6 Å².